The third-order valence-electron chi connectivity index (χ3n) is 4.92. The predicted octanol–water partition coefficient (Wildman–Crippen LogP) is 4.72. The molecular weight excluding hydrogens is 409 g/mol. The molecule has 32 heavy (non-hydrogen) atoms. The van der Waals surface area contributed by atoms with E-state index in [1.807, 2.05) is 54.6 Å². The first-order chi connectivity index (χ1) is 15.6. The number of nitrogens with zero attached hydrogens (tertiary/aromatic N) is 2. The molecule has 1 atom stereocenters. The van der Waals surface area contributed by atoms with Gasteiger partial charge in [-0.2, -0.15) is 0 Å². The second kappa shape index (κ2) is 9.87. The highest BCUT2D eigenvalue weighted by atomic mass is 19.1. The molecule has 1 amide bonds. The van der Waals surface area contributed by atoms with Crippen molar-refractivity contribution in [2.75, 3.05) is 6.61 Å². The fraction of sp³-hybridized carbons (Fsp3) is 0.160. The molecule has 0 radical (unpaired) electrons. The lowest BCUT2D eigenvalue weighted by Gasteiger charge is -2.16. The summed E-state index contributed by atoms with van der Waals surface area (Å²) in [7, 11) is 0. The second-order valence-corrected chi connectivity index (χ2v) is 7.15. The average molecular weight is 431 g/mol. The molecule has 1 N–H and O–H groups in total. The van der Waals surface area contributed by atoms with Crippen LogP contribution in [0.4, 0.5) is 4.39 Å². The first kappa shape index (κ1) is 21.2. The van der Waals surface area contributed by atoms with Gasteiger partial charge in [-0.15, -0.1) is 10.2 Å². The van der Waals surface area contributed by atoms with Crippen molar-refractivity contribution >= 4 is 5.91 Å². The van der Waals surface area contributed by atoms with Crippen molar-refractivity contribution in [2.24, 2.45) is 0 Å². The Balaban J connectivity index is 1.51. The zero-order valence-corrected chi connectivity index (χ0v) is 17.5. The monoisotopic (exact) mass is 431 g/mol. The summed E-state index contributed by atoms with van der Waals surface area (Å²) in [4.78, 5) is 12.6. The largest absolute Gasteiger partial charge is 0.484 e. The number of rotatable bonds is 8. The van der Waals surface area contributed by atoms with Crippen LogP contribution >= 0.6 is 0 Å². The van der Waals surface area contributed by atoms with E-state index in [-0.39, 0.29) is 24.2 Å². The third kappa shape index (κ3) is 5.18. The van der Waals surface area contributed by atoms with Crippen LogP contribution in [0.5, 0.6) is 5.75 Å². The van der Waals surface area contributed by atoms with Gasteiger partial charge in [0.2, 0.25) is 11.8 Å². The molecule has 4 rings (SSSR count). The highest BCUT2D eigenvalue weighted by Gasteiger charge is 2.24. The molecule has 7 heteroatoms. The molecule has 1 heterocycles. The van der Waals surface area contributed by atoms with Gasteiger partial charge in [0.15, 0.2) is 6.61 Å². The van der Waals surface area contributed by atoms with Gasteiger partial charge in [0.05, 0.1) is 0 Å². The van der Waals surface area contributed by atoms with Gasteiger partial charge in [0, 0.05) is 5.56 Å². The quantitative estimate of drug-likeness (QED) is 0.437. The van der Waals surface area contributed by atoms with Crippen molar-refractivity contribution in [1.82, 2.24) is 15.5 Å². The Bertz CT molecular complexity index is 1160. The molecule has 0 aliphatic rings. The van der Waals surface area contributed by atoms with E-state index in [1.54, 1.807) is 12.1 Å². The minimum absolute atomic E-state index is 0.191. The highest BCUT2D eigenvalue weighted by Crippen LogP contribution is 2.25. The summed E-state index contributed by atoms with van der Waals surface area (Å²) in [6.45, 7) is 1.88. The smallest absolute Gasteiger partial charge is 0.258 e. The van der Waals surface area contributed by atoms with Crippen molar-refractivity contribution in [1.29, 1.82) is 0 Å². The molecule has 1 aromatic heterocycles. The number of carbonyl (C=O) groups excluding carboxylic acids is 1. The highest BCUT2D eigenvalue weighted by molar-refractivity contribution is 5.78. The Morgan fingerprint density at radius 2 is 1.72 bits per heavy atom. The first-order valence-corrected chi connectivity index (χ1v) is 10.3. The van der Waals surface area contributed by atoms with Gasteiger partial charge in [-0.25, -0.2) is 4.39 Å². The summed E-state index contributed by atoms with van der Waals surface area (Å²) in [5, 5.41) is 11.1. The van der Waals surface area contributed by atoms with Crippen LogP contribution in [0.2, 0.25) is 0 Å². The zero-order valence-electron chi connectivity index (χ0n) is 17.5. The average Bonchev–Trinajstić information content (AvgIpc) is 3.33. The van der Waals surface area contributed by atoms with Gasteiger partial charge in [-0.3, -0.25) is 4.79 Å². The lowest BCUT2D eigenvalue weighted by molar-refractivity contribution is -0.123. The Morgan fingerprint density at radius 3 is 2.41 bits per heavy atom. The number of amides is 1. The summed E-state index contributed by atoms with van der Waals surface area (Å²) in [5.74, 6) is 0.358. The number of hydrogen-bond acceptors (Lipinski definition) is 5. The van der Waals surface area contributed by atoms with E-state index in [9.17, 15) is 9.18 Å². The molecule has 0 aliphatic carbocycles. The number of halogens is 1. The maximum absolute atomic E-state index is 13.4. The van der Waals surface area contributed by atoms with Crippen LogP contribution in [0, 0.1) is 5.82 Å². The van der Waals surface area contributed by atoms with Crippen LogP contribution < -0.4 is 10.1 Å². The van der Waals surface area contributed by atoms with Crippen LogP contribution in [0.15, 0.2) is 83.3 Å². The van der Waals surface area contributed by atoms with Crippen molar-refractivity contribution in [2.45, 2.75) is 19.4 Å². The van der Waals surface area contributed by atoms with Crippen LogP contribution in [-0.4, -0.2) is 22.7 Å². The molecule has 0 spiro atoms. The zero-order chi connectivity index (χ0) is 22.3. The van der Waals surface area contributed by atoms with E-state index >= 15 is 0 Å². The third-order valence-corrected chi connectivity index (χ3v) is 4.92. The van der Waals surface area contributed by atoms with Crippen LogP contribution in [0.1, 0.15) is 30.0 Å². The van der Waals surface area contributed by atoms with E-state index < -0.39 is 6.04 Å². The Hall–Kier alpha value is -4.00. The normalized spacial score (nSPS) is 11.7. The van der Waals surface area contributed by atoms with Gasteiger partial charge in [0.25, 0.3) is 5.91 Å². The van der Waals surface area contributed by atoms with E-state index in [4.69, 9.17) is 9.15 Å². The lowest BCUT2D eigenvalue weighted by Crippen LogP contribution is -2.33. The van der Waals surface area contributed by atoms with Gasteiger partial charge >= 0.3 is 0 Å². The molecule has 0 saturated heterocycles. The first-order valence-electron chi connectivity index (χ1n) is 10.3. The van der Waals surface area contributed by atoms with Crippen LogP contribution in [0.25, 0.3) is 11.5 Å². The molecule has 0 fully saturated rings. The van der Waals surface area contributed by atoms with Crippen LogP contribution in [0.3, 0.4) is 0 Å². The van der Waals surface area contributed by atoms with Gasteiger partial charge in [-0.1, -0.05) is 49.4 Å². The molecule has 6 nitrogen and oxygen atoms in total. The van der Waals surface area contributed by atoms with Crippen molar-refractivity contribution in [3.05, 3.63) is 102 Å². The predicted molar refractivity (Wildman–Crippen MR) is 117 cm³/mol. The maximum atomic E-state index is 13.4. The molecule has 0 aliphatic heterocycles. The number of aromatic nitrogens is 2. The SMILES string of the molecule is CCc1ccc(OCC(=O)NC(c2ccc(F)cc2)c2nnc(-c3ccccc3)o2)cc1. The topological polar surface area (TPSA) is 77.2 Å². The fourth-order valence-electron chi connectivity index (χ4n) is 3.16. The minimum atomic E-state index is -0.751. The number of ether oxygens (including phenoxy) is 1. The summed E-state index contributed by atoms with van der Waals surface area (Å²) in [5.41, 5.74) is 2.55. The second-order valence-electron chi connectivity index (χ2n) is 7.15. The van der Waals surface area contributed by atoms with Crippen LogP contribution in [-0.2, 0) is 11.2 Å². The lowest BCUT2D eigenvalue weighted by atomic mass is 10.1. The number of hydrogen-bond donors (Lipinski definition) is 1. The Labute approximate surface area is 185 Å². The molecule has 1 unspecified atom stereocenters. The Kier molecular flexibility index (Phi) is 6.55. The molecule has 162 valence electrons. The summed E-state index contributed by atoms with van der Waals surface area (Å²) >= 11 is 0. The molecule has 3 aromatic carbocycles. The van der Waals surface area contributed by atoms with Crippen molar-refractivity contribution < 1.29 is 18.3 Å². The Morgan fingerprint density at radius 1 is 1.00 bits per heavy atom. The van der Waals surface area contributed by atoms with E-state index in [0.717, 1.165) is 12.0 Å². The van der Waals surface area contributed by atoms with Crippen molar-refractivity contribution in [3.63, 3.8) is 0 Å². The molecule has 4 aromatic rings. The van der Waals surface area contributed by atoms with Crippen molar-refractivity contribution in [3.8, 4) is 17.2 Å². The number of carbonyl (C=O) groups is 1. The maximum Gasteiger partial charge on any atom is 0.258 e. The molecule has 0 saturated carbocycles. The molecular formula is C25H22FN3O3. The van der Waals surface area contributed by atoms with E-state index in [2.05, 4.69) is 22.4 Å². The van der Waals surface area contributed by atoms with E-state index in [1.165, 1.54) is 17.7 Å². The summed E-state index contributed by atoms with van der Waals surface area (Å²) < 4.78 is 24.9. The minimum Gasteiger partial charge on any atom is -0.484 e. The van der Waals surface area contributed by atoms with E-state index in [0.29, 0.717) is 17.2 Å². The number of nitrogens with one attached hydrogen (secondary N) is 1. The fourth-order valence-corrected chi connectivity index (χ4v) is 3.16. The summed E-state index contributed by atoms with van der Waals surface area (Å²) in [6, 6.07) is 21.9. The standard InChI is InChI=1S/C25H22FN3O3/c1-2-17-8-14-21(15-9-17)31-16-22(30)27-23(18-10-12-20(26)13-11-18)25-29-28-24(32-25)19-6-4-3-5-7-19/h3-15,23H,2,16H2,1H3,(H,27,30). The summed E-state index contributed by atoms with van der Waals surface area (Å²) in [6.07, 6.45) is 0.926. The number of benzene rings is 3. The number of aryl methyl sites for hydroxylation is 1. The molecule has 0 bridgehead atoms. The van der Waals surface area contributed by atoms with Gasteiger partial charge < -0.3 is 14.5 Å². The van der Waals surface area contributed by atoms with Gasteiger partial charge in [0.1, 0.15) is 17.6 Å². The van der Waals surface area contributed by atoms with Gasteiger partial charge in [-0.05, 0) is 53.9 Å².